The SMILES string of the molecule is O=C(CCCN1C(=O)c2cccc3cccc(c23)C1=O)Nc1ccc(C(=O)NC2CC2)c(Cl)c1. The van der Waals surface area contributed by atoms with Crippen LogP contribution in [0.25, 0.3) is 10.8 Å². The number of carbonyl (C=O) groups is 4. The van der Waals surface area contributed by atoms with Crippen molar-refractivity contribution in [1.82, 2.24) is 10.2 Å². The molecule has 5 rings (SSSR count). The molecule has 0 bridgehead atoms. The van der Waals surface area contributed by atoms with E-state index < -0.39 is 0 Å². The van der Waals surface area contributed by atoms with Crippen LogP contribution in [0.5, 0.6) is 0 Å². The number of nitrogens with one attached hydrogen (secondary N) is 2. The highest BCUT2D eigenvalue weighted by atomic mass is 35.5. The van der Waals surface area contributed by atoms with Crippen LogP contribution in [0, 0.1) is 0 Å². The summed E-state index contributed by atoms with van der Waals surface area (Å²) in [6.07, 6.45) is 2.39. The molecular formula is C26H22ClN3O4. The van der Waals surface area contributed by atoms with Crippen LogP contribution in [0.1, 0.15) is 56.8 Å². The predicted molar refractivity (Wildman–Crippen MR) is 129 cm³/mol. The fourth-order valence-electron chi connectivity index (χ4n) is 4.17. The Morgan fingerprint density at radius 3 is 2.26 bits per heavy atom. The topological polar surface area (TPSA) is 95.6 Å². The van der Waals surface area contributed by atoms with E-state index in [1.807, 2.05) is 12.1 Å². The van der Waals surface area contributed by atoms with Gasteiger partial charge in [0.25, 0.3) is 17.7 Å². The fraction of sp³-hybridized carbons (Fsp3) is 0.231. The second-order valence-electron chi connectivity index (χ2n) is 8.57. The smallest absolute Gasteiger partial charge is 0.261 e. The van der Waals surface area contributed by atoms with Gasteiger partial charge in [0.1, 0.15) is 0 Å². The molecule has 34 heavy (non-hydrogen) atoms. The average molecular weight is 476 g/mol. The second-order valence-corrected chi connectivity index (χ2v) is 8.97. The number of amides is 4. The highest BCUT2D eigenvalue weighted by Gasteiger charge is 2.32. The molecule has 1 aliphatic heterocycles. The molecule has 2 N–H and O–H groups in total. The summed E-state index contributed by atoms with van der Waals surface area (Å²) in [4.78, 5) is 51.7. The van der Waals surface area contributed by atoms with Gasteiger partial charge in [-0.1, -0.05) is 35.9 Å². The van der Waals surface area contributed by atoms with E-state index in [4.69, 9.17) is 11.6 Å². The summed E-state index contributed by atoms with van der Waals surface area (Å²) in [5, 5.41) is 7.42. The summed E-state index contributed by atoms with van der Waals surface area (Å²) in [6.45, 7) is 0.136. The lowest BCUT2D eigenvalue weighted by Gasteiger charge is -2.27. The summed E-state index contributed by atoms with van der Waals surface area (Å²) in [7, 11) is 0. The molecule has 8 heteroatoms. The van der Waals surface area contributed by atoms with E-state index in [1.54, 1.807) is 36.4 Å². The number of benzene rings is 3. The highest BCUT2D eigenvalue weighted by molar-refractivity contribution is 6.34. The quantitative estimate of drug-likeness (QED) is 0.495. The van der Waals surface area contributed by atoms with Crippen molar-refractivity contribution in [2.45, 2.75) is 31.7 Å². The first kappa shape index (κ1) is 22.1. The molecule has 1 aliphatic carbocycles. The molecule has 7 nitrogen and oxygen atoms in total. The van der Waals surface area contributed by atoms with E-state index in [0.29, 0.717) is 34.2 Å². The van der Waals surface area contributed by atoms with Gasteiger partial charge in [0.15, 0.2) is 0 Å². The van der Waals surface area contributed by atoms with Gasteiger partial charge in [0.05, 0.1) is 10.6 Å². The Morgan fingerprint density at radius 2 is 1.65 bits per heavy atom. The normalized spacial score (nSPS) is 14.9. The molecule has 1 heterocycles. The number of hydrogen-bond donors (Lipinski definition) is 2. The molecule has 0 aromatic heterocycles. The highest BCUT2D eigenvalue weighted by Crippen LogP contribution is 2.30. The van der Waals surface area contributed by atoms with Gasteiger partial charge in [-0.3, -0.25) is 24.1 Å². The van der Waals surface area contributed by atoms with Crippen molar-refractivity contribution >= 4 is 51.7 Å². The number of nitrogens with zero attached hydrogens (tertiary/aromatic N) is 1. The van der Waals surface area contributed by atoms with Crippen LogP contribution in [0.2, 0.25) is 5.02 Å². The Kier molecular flexibility index (Phi) is 5.79. The molecule has 2 aliphatic rings. The van der Waals surface area contributed by atoms with Crippen molar-refractivity contribution in [3.8, 4) is 0 Å². The zero-order valence-electron chi connectivity index (χ0n) is 18.3. The number of halogens is 1. The Balaban J connectivity index is 1.19. The molecule has 0 spiro atoms. The maximum atomic E-state index is 12.9. The number of anilines is 1. The van der Waals surface area contributed by atoms with Crippen LogP contribution in [-0.4, -0.2) is 41.1 Å². The van der Waals surface area contributed by atoms with Crippen molar-refractivity contribution in [2.75, 3.05) is 11.9 Å². The van der Waals surface area contributed by atoms with Crippen LogP contribution in [-0.2, 0) is 4.79 Å². The average Bonchev–Trinajstić information content (AvgIpc) is 3.63. The van der Waals surface area contributed by atoms with Crippen LogP contribution in [0.4, 0.5) is 5.69 Å². The Hall–Kier alpha value is -3.71. The zero-order chi connectivity index (χ0) is 23.8. The minimum Gasteiger partial charge on any atom is -0.349 e. The third-order valence-electron chi connectivity index (χ3n) is 6.05. The molecule has 3 aromatic rings. The van der Waals surface area contributed by atoms with Gasteiger partial charge in [0, 0.05) is 41.2 Å². The van der Waals surface area contributed by atoms with Crippen molar-refractivity contribution in [3.05, 3.63) is 76.3 Å². The second kappa shape index (κ2) is 8.91. The van der Waals surface area contributed by atoms with E-state index in [0.717, 1.165) is 18.2 Å². The van der Waals surface area contributed by atoms with Gasteiger partial charge in [-0.25, -0.2) is 0 Å². The van der Waals surface area contributed by atoms with Gasteiger partial charge in [-0.05, 0) is 55.0 Å². The Morgan fingerprint density at radius 1 is 0.971 bits per heavy atom. The molecule has 1 saturated carbocycles. The van der Waals surface area contributed by atoms with Gasteiger partial charge >= 0.3 is 0 Å². The monoisotopic (exact) mass is 475 g/mol. The van der Waals surface area contributed by atoms with E-state index in [9.17, 15) is 19.2 Å². The first-order valence-electron chi connectivity index (χ1n) is 11.2. The molecule has 4 amide bonds. The van der Waals surface area contributed by atoms with Gasteiger partial charge in [-0.2, -0.15) is 0 Å². The fourth-order valence-corrected chi connectivity index (χ4v) is 4.44. The minimum absolute atomic E-state index is 0.116. The number of carbonyl (C=O) groups excluding carboxylic acids is 4. The van der Waals surface area contributed by atoms with Crippen LogP contribution in [0.3, 0.4) is 0 Å². The van der Waals surface area contributed by atoms with E-state index in [-0.39, 0.29) is 47.7 Å². The predicted octanol–water partition coefficient (Wildman–Crippen LogP) is 4.40. The van der Waals surface area contributed by atoms with Gasteiger partial charge in [0.2, 0.25) is 5.91 Å². The standard InChI is InChI=1S/C26H22ClN3O4/c27-21-14-17(11-12-18(21)24(32)29-16-9-10-16)28-22(31)8-3-13-30-25(33)19-6-1-4-15-5-2-7-20(23(15)19)26(30)34/h1-2,4-7,11-12,14,16H,3,8-10,13H2,(H,28,31)(H,29,32). The largest absolute Gasteiger partial charge is 0.349 e. The summed E-state index contributed by atoms with van der Waals surface area (Å²) in [5.41, 5.74) is 1.84. The van der Waals surface area contributed by atoms with Crippen LogP contribution in [0.15, 0.2) is 54.6 Å². The molecule has 0 radical (unpaired) electrons. The maximum Gasteiger partial charge on any atom is 0.261 e. The van der Waals surface area contributed by atoms with Crippen LogP contribution >= 0.6 is 11.6 Å². The molecular weight excluding hydrogens is 454 g/mol. The maximum absolute atomic E-state index is 12.9. The first-order valence-corrected chi connectivity index (χ1v) is 11.6. The van der Waals surface area contributed by atoms with Gasteiger partial charge in [-0.15, -0.1) is 0 Å². The third kappa shape index (κ3) is 4.26. The van der Waals surface area contributed by atoms with Crippen molar-refractivity contribution in [1.29, 1.82) is 0 Å². The van der Waals surface area contributed by atoms with E-state index in [2.05, 4.69) is 10.6 Å². The van der Waals surface area contributed by atoms with E-state index in [1.165, 1.54) is 11.0 Å². The number of rotatable bonds is 7. The lowest BCUT2D eigenvalue weighted by Crippen LogP contribution is -2.41. The summed E-state index contributed by atoms with van der Waals surface area (Å²) < 4.78 is 0. The third-order valence-corrected chi connectivity index (χ3v) is 6.36. The summed E-state index contributed by atoms with van der Waals surface area (Å²) >= 11 is 6.23. The number of imide groups is 1. The lowest BCUT2D eigenvalue weighted by atomic mass is 9.94. The van der Waals surface area contributed by atoms with Crippen molar-refractivity contribution in [2.24, 2.45) is 0 Å². The molecule has 0 saturated heterocycles. The number of hydrogen-bond acceptors (Lipinski definition) is 4. The molecule has 172 valence electrons. The van der Waals surface area contributed by atoms with E-state index >= 15 is 0 Å². The zero-order valence-corrected chi connectivity index (χ0v) is 19.0. The van der Waals surface area contributed by atoms with Gasteiger partial charge < -0.3 is 10.6 Å². The molecule has 1 fully saturated rings. The molecule has 3 aromatic carbocycles. The Labute approximate surface area is 201 Å². The molecule has 0 atom stereocenters. The lowest BCUT2D eigenvalue weighted by molar-refractivity contribution is -0.116. The minimum atomic E-state index is -0.346. The first-order chi connectivity index (χ1) is 16.4. The summed E-state index contributed by atoms with van der Waals surface area (Å²) in [6, 6.07) is 15.8. The van der Waals surface area contributed by atoms with Crippen molar-refractivity contribution < 1.29 is 19.2 Å². The summed E-state index contributed by atoms with van der Waals surface area (Å²) in [5.74, 6) is -1.19. The molecule has 0 unspecified atom stereocenters. The Bertz CT molecular complexity index is 1300. The van der Waals surface area contributed by atoms with Crippen molar-refractivity contribution in [3.63, 3.8) is 0 Å². The van der Waals surface area contributed by atoms with Crippen LogP contribution < -0.4 is 10.6 Å².